The van der Waals surface area contributed by atoms with Crippen LogP contribution in [0.4, 0.5) is 0 Å². The summed E-state index contributed by atoms with van der Waals surface area (Å²) in [5, 5.41) is 7.89. The maximum Gasteiger partial charge on any atom is 0.330 e. The van der Waals surface area contributed by atoms with Gasteiger partial charge in [0, 0.05) is 5.57 Å². The van der Waals surface area contributed by atoms with Crippen molar-refractivity contribution < 1.29 is 9.90 Å². The Morgan fingerprint density at radius 1 is 0.833 bits per heavy atom. The van der Waals surface area contributed by atoms with E-state index >= 15 is 0 Å². The molecular formula is C16H32O2. The van der Waals surface area contributed by atoms with E-state index in [9.17, 15) is 4.79 Å². The van der Waals surface area contributed by atoms with Crippen LogP contribution < -0.4 is 0 Å². The van der Waals surface area contributed by atoms with E-state index in [0.717, 1.165) is 0 Å². The molecule has 0 amide bonds. The van der Waals surface area contributed by atoms with E-state index in [-0.39, 0.29) is 5.57 Å². The van der Waals surface area contributed by atoms with E-state index < -0.39 is 5.97 Å². The molecule has 0 aliphatic rings. The lowest BCUT2D eigenvalue weighted by Gasteiger charge is -1.99. The van der Waals surface area contributed by atoms with Gasteiger partial charge in [0.25, 0.3) is 0 Å². The molecule has 0 aromatic rings. The number of carboxylic acids is 1. The second-order valence-electron chi connectivity index (χ2n) is 4.91. The molecule has 0 heterocycles. The molecule has 0 aromatic carbocycles. The minimum absolute atomic E-state index is 0.176. The van der Waals surface area contributed by atoms with Crippen LogP contribution in [0.5, 0.6) is 0 Å². The van der Waals surface area contributed by atoms with Crippen molar-refractivity contribution >= 4 is 5.97 Å². The quantitative estimate of drug-likeness (QED) is 0.409. The number of rotatable bonds is 10. The lowest BCUT2D eigenvalue weighted by Crippen LogP contribution is -1.92. The predicted molar refractivity (Wildman–Crippen MR) is 80.0 cm³/mol. The topological polar surface area (TPSA) is 37.3 Å². The summed E-state index contributed by atoms with van der Waals surface area (Å²) in [7, 11) is 0. The Hall–Kier alpha value is -0.790. The summed E-state index contributed by atoms with van der Waals surface area (Å²) in [4.78, 5) is 9.60. The molecule has 0 spiro atoms. The van der Waals surface area contributed by atoms with Crippen molar-refractivity contribution in [1.29, 1.82) is 0 Å². The van der Waals surface area contributed by atoms with Gasteiger partial charge in [-0.3, -0.25) is 0 Å². The highest BCUT2D eigenvalue weighted by molar-refractivity contribution is 5.84. The molecule has 0 radical (unpaired) electrons. The molecule has 0 fully saturated rings. The van der Waals surface area contributed by atoms with Gasteiger partial charge in [-0.25, -0.2) is 4.79 Å². The van der Waals surface area contributed by atoms with Gasteiger partial charge in [0.2, 0.25) is 0 Å². The molecular weight excluding hydrogens is 224 g/mol. The number of unbranched alkanes of at least 4 members (excludes halogenated alkanes) is 9. The van der Waals surface area contributed by atoms with Crippen LogP contribution in [0.15, 0.2) is 12.2 Å². The minimum Gasteiger partial charge on any atom is -0.478 e. The van der Waals surface area contributed by atoms with Crippen molar-refractivity contribution in [3.05, 3.63) is 12.2 Å². The average Bonchev–Trinajstić information content (AvgIpc) is 2.33. The SMILES string of the molecule is C=C(C)C(=O)O.CCCCCCCCCCCC. The lowest BCUT2D eigenvalue weighted by molar-refractivity contribution is -0.132. The summed E-state index contributed by atoms with van der Waals surface area (Å²) in [5.41, 5.74) is 0.176. The zero-order chi connectivity index (χ0) is 14.2. The zero-order valence-electron chi connectivity index (χ0n) is 12.6. The van der Waals surface area contributed by atoms with Crippen molar-refractivity contribution in [2.24, 2.45) is 0 Å². The van der Waals surface area contributed by atoms with Gasteiger partial charge < -0.3 is 5.11 Å². The van der Waals surface area contributed by atoms with Crippen LogP contribution in [-0.2, 0) is 4.79 Å². The van der Waals surface area contributed by atoms with Crippen LogP contribution in [0.25, 0.3) is 0 Å². The highest BCUT2D eigenvalue weighted by Gasteiger charge is 1.90. The number of aliphatic carboxylic acids is 1. The highest BCUT2D eigenvalue weighted by atomic mass is 16.4. The van der Waals surface area contributed by atoms with Crippen molar-refractivity contribution in [2.45, 2.75) is 85.0 Å². The van der Waals surface area contributed by atoms with Crippen molar-refractivity contribution in [1.82, 2.24) is 0 Å². The third-order valence-corrected chi connectivity index (χ3v) is 2.82. The first-order valence-electron chi connectivity index (χ1n) is 7.45. The van der Waals surface area contributed by atoms with Gasteiger partial charge in [0.05, 0.1) is 0 Å². The monoisotopic (exact) mass is 256 g/mol. The van der Waals surface area contributed by atoms with Gasteiger partial charge in [-0.2, -0.15) is 0 Å². The second-order valence-corrected chi connectivity index (χ2v) is 4.91. The standard InChI is InChI=1S/C12H26.C4H6O2/c1-3-5-7-9-11-12-10-8-6-4-2;1-3(2)4(5)6/h3-12H2,1-2H3;1H2,2H3,(H,5,6). The molecule has 0 rings (SSSR count). The Bertz CT molecular complexity index is 175. The number of hydrogen-bond donors (Lipinski definition) is 1. The van der Waals surface area contributed by atoms with Crippen molar-refractivity contribution in [3.63, 3.8) is 0 Å². The van der Waals surface area contributed by atoms with E-state index in [4.69, 9.17) is 5.11 Å². The largest absolute Gasteiger partial charge is 0.478 e. The summed E-state index contributed by atoms with van der Waals surface area (Å²) in [6, 6.07) is 0. The molecule has 0 aromatic heterocycles. The lowest BCUT2D eigenvalue weighted by atomic mass is 10.1. The molecule has 1 N–H and O–H groups in total. The van der Waals surface area contributed by atoms with E-state index in [1.54, 1.807) is 0 Å². The van der Waals surface area contributed by atoms with E-state index in [0.29, 0.717) is 0 Å². The Morgan fingerprint density at radius 2 is 1.06 bits per heavy atom. The zero-order valence-corrected chi connectivity index (χ0v) is 12.6. The van der Waals surface area contributed by atoms with E-state index in [1.165, 1.54) is 71.1 Å². The summed E-state index contributed by atoms with van der Waals surface area (Å²) >= 11 is 0. The molecule has 0 unspecified atom stereocenters. The van der Waals surface area contributed by atoms with Crippen LogP contribution in [-0.4, -0.2) is 11.1 Å². The Balaban J connectivity index is 0. The summed E-state index contributed by atoms with van der Waals surface area (Å²) < 4.78 is 0. The van der Waals surface area contributed by atoms with Gasteiger partial charge in [0.1, 0.15) is 0 Å². The second kappa shape index (κ2) is 16.2. The highest BCUT2D eigenvalue weighted by Crippen LogP contribution is 2.09. The molecule has 2 heteroatoms. The summed E-state index contributed by atoms with van der Waals surface area (Å²) in [5.74, 6) is -0.935. The molecule has 0 atom stereocenters. The van der Waals surface area contributed by atoms with Crippen molar-refractivity contribution in [2.75, 3.05) is 0 Å². The van der Waals surface area contributed by atoms with Gasteiger partial charge in [-0.05, 0) is 6.92 Å². The maximum absolute atomic E-state index is 9.60. The Labute approximate surface area is 113 Å². The number of carbonyl (C=O) groups is 1. The number of carboxylic acid groups (broad SMARTS) is 1. The van der Waals surface area contributed by atoms with Gasteiger partial charge in [0.15, 0.2) is 0 Å². The first-order chi connectivity index (χ1) is 8.56. The van der Waals surface area contributed by atoms with E-state index in [2.05, 4.69) is 20.4 Å². The molecule has 0 aliphatic carbocycles. The van der Waals surface area contributed by atoms with Crippen LogP contribution in [0.1, 0.15) is 85.0 Å². The fourth-order valence-electron chi connectivity index (χ4n) is 1.56. The molecule has 108 valence electrons. The fourth-order valence-corrected chi connectivity index (χ4v) is 1.56. The van der Waals surface area contributed by atoms with Gasteiger partial charge in [-0.1, -0.05) is 84.6 Å². The summed E-state index contributed by atoms with van der Waals surface area (Å²) in [6.45, 7) is 9.16. The third kappa shape index (κ3) is 20.6. The molecule has 18 heavy (non-hydrogen) atoms. The maximum atomic E-state index is 9.60. The van der Waals surface area contributed by atoms with Crippen LogP contribution in [0.3, 0.4) is 0 Å². The van der Waals surface area contributed by atoms with Crippen LogP contribution in [0.2, 0.25) is 0 Å². The Kier molecular flexibility index (Phi) is 17.6. The third-order valence-electron chi connectivity index (χ3n) is 2.82. The average molecular weight is 256 g/mol. The van der Waals surface area contributed by atoms with Crippen molar-refractivity contribution in [3.8, 4) is 0 Å². The molecule has 0 saturated carbocycles. The Morgan fingerprint density at radius 3 is 1.22 bits per heavy atom. The van der Waals surface area contributed by atoms with Gasteiger partial charge >= 0.3 is 5.97 Å². The summed E-state index contributed by atoms with van der Waals surface area (Å²) in [6.07, 6.45) is 14.4. The normalized spacial score (nSPS) is 9.50. The first kappa shape index (κ1) is 19.5. The van der Waals surface area contributed by atoms with Gasteiger partial charge in [-0.15, -0.1) is 0 Å². The van der Waals surface area contributed by atoms with Crippen LogP contribution in [0, 0.1) is 0 Å². The van der Waals surface area contributed by atoms with E-state index in [1.807, 2.05) is 0 Å². The number of hydrogen-bond acceptors (Lipinski definition) is 1. The molecule has 0 saturated heterocycles. The first-order valence-corrected chi connectivity index (χ1v) is 7.45. The molecule has 0 bridgehead atoms. The smallest absolute Gasteiger partial charge is 0.330 e. The minimum atomic E-state index is -0.935. The predicted octanol–water partition coefficient (Wildman–Crippen LogP) is 5.57. The molecule has 0 aliphatic heterocycles. The molecule has 2 nitrogen and oxygen atoms in total. The van der Waals surface area contributed by atoms with Crippen LogP contribution >= 0.6 is 0 Å². The fraction of sp³-hybridized carbons (Fsp3) is 0.812.